The zero-order valence-corrected chi connectivity index (χ0v) is 17.6. The van der Waals surface area contributed by atoms with Crippen LogP contribution in [0.1, 0.15) is 18.7 Å². The third kappa shape index (κ3) is 3.41. The quantitative estimate of drug-likeness (QED) is 0.338. The molecule has 4 N–H and O–H groups in total. The topological polar surface area (TPSA) is 122 Å². The van der Waals surface area contributed by atoms with Gasteiger partial charge in [0.05, 0.1) is 17.6 Å². The van der Waals surface area contributed by atoms with Gasteiger partial charge in [0.2, 0.25) is 0 Å². The van der Waals surface area contributed by atoms with E-state index in [0.29, 0.717) is 16.6 Å². The van der Waals surface area contributed by atoms with Crippen LogP contribution in [0, 0.1) is 11.5 Å². The number of fused-ring (bicyclic) bond motifs is 1. The number of aromatic nitrogens is 3. The summed E-state index contributed by atoms with van der Waals surface area (Å²) >= 11 is 0. The van der Waals surface area contributed by atoms with Crippen LogP contribution >= 0.6 is 0 Å². The molecule has 1 fully saturated rings. The highest BCUT2D eigenvalue weighted by atomic mass is 28.3. The van der Waals surface area contributed by atoms with Crippen LogP contribution in [0.3, 0.4) is 0 Å². The summed E-state index contributed by atoms with van der Waals surface area (Å²) in [5.41, 5.74) is 5.35. The summed E-state index contributed by atoms with van der Waals surface area (Å²) in [6, 6.07) is 0. The molecule has 0 amide bonds. The number of nitrogens with zero attached hydrogens (tertiary/aromatic N) is 3. The van der Waals surface area contributed by atoms with Crippen molar-refractivity contribution in [1.29, 1.82) is 0 Å². The van der Waals surface area contributed by atoms with Crippen molar-refractivity contribution in [3.63, 3.8) is 0 Å². The van der Waals surface area contributed by atoms with Crippen molar-refractivity contribution in [1.82, 2.24) is 14.5 Å². The van der Waals surface area contributed by atoms with Gasteiger partial charge in [-0.2, -0.15) is 0 Å². The maximum Gasteiger partial charge on any atom is 0.167 e. The minimum Gasteiger partial charge on any atom is -0.394 e. The SMILES string of the molecule is CO[C@]1(C)C(O)C(CO)O[C@H]1n1cc(C#C[Si](C)(C)C)c2c(NO)ncnc21. The fraction of sp³-hybridized carbons (Fsp3) is 0.556. The monoisotopic (exact) mass is 406 g/mol. The van der Waals surface area contributed by atoms with E-state index in [-0.39, 0.29) is 12.4 Å². The number of aliphatic hydroxyl groups excluding tert-OH is 2. The van der Waals surface area contributed by atoms with Gasteiger partial charge in [0.1, 0.15) is 37.9 Å². The van der Waals surface area contributed by atoms with Gasteiger partial charge in [0.25, 0.3) is 0 Å². The van der Waals surface area contributed by atoms with Gasteiger partial charge in [-0.25, -0.2) is 9.97 Å². The second-order valence-electron chi connectivity index (χ2n) is 8.03. The average Bonchev–Trinajstić information content (AvgIpc) is 3.15. The van der Waals surface area contributed by atoms with Gasteiger partial charge in [-0.15, -0.1) is 5.54 Å². The Labute approximate surface area is 164 Å². The summed E-state index contributed by atoms with van der Waals surface area (Å²) in [5, 5.41) is 30.2. The van der Waals surface area contributed by atoms with Crippen molar-refractivity contribution in [3.8, 4) is 11.5 Å². The van der Waals surface area contributed by atoms with Crippen molar-refractivity contribution in [2.45, 2.75) is 50.6 Å². The molecule has 1 saturated heterocycles. The predicted octanol–water partition coefficient (Wildman–Crippen LogP) is 1.12. The van der Waals surface area contributed by atoms with Gasteiger partial charge in [-0.1, -0.05) is 25.6 Å². The third-order valence-electron chi connectivity index (χ3n) is 4.89. The lowest BCUT2D eigenvalue weighted by molar-refractivity contribution is -0.118. The second-order valence-corrected chi connectivity index (χ2v) is 12.8. The molecule has 0 aliphatic carbocycles. The largest absolute Gasteiger partial charge is 0.394 e. The number of hydrogen-bond donors (Lipinski definition) is 4. The van der Waals surface area contributed by atoms with Crippen molar-refractivity contribution >= 4 is 24.9 Å². The van der Waals surface area contributed by atoms with E-state index in [0.717, 1.165) is 0 Å². The Bertz CT molecular complexity index is 932. The highest BCUT2D eigenvalue weighted by Crippen LogP contribution is 2.43. The molecular formula is C18H26N4O5Si. The lowest BCUT2D eigenvalue weighted by atomic mass is 9.96. The van der Waals surface area contributed by atoms with Crippen LogP contribution < -0.4 is 5.48 Å². The third-order valence-corrected chi connectivity index (χ3v) is 5.77. The van der Waals surface area contributed by atoms with Crippen molar-refractivity contribution in [3.05, 3.63) is 18.1 Å². The number of hydrogen-bond acceptors (Lipinski definition) is 8. The molecular weight excluding hydrogens is 380 g/mol. The minimum absolute atomic E-state index is 0.222. The van der Waals surface area contributed by atoms with Crippen molar-refractivity contribution in [2.24, 2.45) is 0 Å². The Morgan fingerprint density at radius 1 is 1.39 bits per heavy atom. The molecule has 1 aliphatic rings. The second kappa shape index (κ2) is 7.44. The van der Waals surface area contributed by atoms with Gasteiger partial charge >= 0.3 is 0 Å². The van der Waals surface area contributed by atoms with E-state index in [1.165, 1.54) is 13.4 Å². The van der Waals surface area contributed by atoms with E-state index in [1.54, 1.807) is 17.7 Å². The zero-order chi connectivity index (χ0) is 20.7. The maximum atomic E-state index is 10.6. The molecule has 2 aromatic heterocycles. The van der Waals surface area contributed by atoms with Crippen LogP contribution in [-0.2, 0) is 9.47 Å². The minimum atomic E-state index is -1.66. The first-order valence-corrected chi connectivity index (χ1v) is 12.4. The fourth-order valence-corrected chi connectivity index (χ4v) is 3.80. The molecule has 0 aromatic carbocycles. The Morgan fingerprint density at radius 2 is 2.11 bits per heavy atom. The maximum absolute atomic E-state index is 10.6. The highest BCUT2D eigenvalue weighted by molar-refractivity contribution is 6.83. The van der Waals surface area contributed by atoms with Crippen molar-refractivity contribution < 1.29 is 24.9 Å². The van der Waals surface area contributed by atoms with E-state index >= 15 is 0 Å². The molecule has 10 heteroatoms. The van der Waals surface area contributed by atoms with Crippen LogP contribution in [0.5, 0.6) is 0 Å². The molecule has 152 valence electrons. The molecule has 3 rings (SSSR count). The van der Waals surface area contributed by atoms with E-state index < -0.39 is 32.1 Å². The Morgan fingerprint density at radius 3 is 2.68 bits per heavy atom. The fourth-order valence-electron chi connectivity index (χ4n) is 3.29. The normalized spacial score (nSPS) is 27.6. The number of methoxy groups -OCH3 is 1. The Balaban J connectivity index is 2.23. The Kier molecular flexibility index (Phi) is 5.50. The van der Waals surface area contributed by atoms with Gasteiger partial charge in [-0.3, -0.25) is 10.7 Å². The Hall–Kier alpha value is -2.00. The molecule has 0 radical (unpaired) electrons. The average molecular weight is 407 g/mol. The summed E-state index contributed by atoms with van der Waals surface area (Å²) in [7, 11) is -0.184. The van der Waals surface area contributed by atoms with Crippen LogP contribution in [-0.4, -0.2) is 69.6 Å². The van der Waals surface area contributed by atoms with Crippen LogP contribution in [0.2, 0.25) is 19.6 Å². The first kappa shape index (κ1) is 20.7. The molecule has 28 heavy (non-hydrogen) atoms. The molecule has 2 unspecified atom stereocenters. The van der Waals surface area contributed by atoms with Gasteiger partial charge in [0.15, 0.2) is 12.0 Å². The summed E-state index contributed by atoms with van der Waals surface area (Å²) in [4.78, 5) is 8.41. The van der Waals surface area contributed by atoms with Crippen molar-refractivity contribution in [2.75, 3.05) is 19.2 Å². The summed E-state index contributed by atoms with van der Waals surface area (Å²) < 4.78 is 13.2. The summed E-state index contributed by atoms with van der Waals surface area (Å²) in [5.74, 6) is 3.40. The summed E-state index contributed by atoms with van der Waals surface area (Å²) in [6.07, 6.45) is 0.449. The van der Waals surface area contributed by atoms with E-state index in [9.17, 15) is 15.4 Å². The zero-order valence-electron chi connectivity index (χ0n) is 16.6. The molecule has 1 aliphatic heterocycles. The molecule has 9 nitrogen and oxygen atoms in total. The standard InChI is InChI=1S/C18H26N4O5Si/c1-18(26-2)14(24)12(9-23)27-17(18)22-8-11(6-7-28(3,4)5)13-15(21-25)19-10-20-16(13)22/h8,10,12,14,17,23-25H,9H2,1-5H3,(H,19,20,21)/t12?,14?,17-,18-/m1/s1. The molecule has 4 atom stereocenters. The lowest BCUT2D eigenvalue weighted by Crippen LogP contribution is -2.46. The number of anilines is 1. The van der Waals surface area contributed by atoms with Gasteiger partial charge in [0, 0.05) is 13.3 Å². The van der Waals surface area contributed by atoms with E-state index in [2.05, 4.69) is 46.6 Å². The molecule has 0 bridgehead atoms. The predicted molar refractivity (Wildman–Crippen MR) is 106 cm³/mol. The molecule has 3 heterocycles. The molecule has 0 spiro atoms. The number of rotatable bonds is 4. The number of nitrogens with one attached hydrogen (secondary N) is 1. The van der Waals surface area contributed by atoms with Gasteiger partial charge in [-0.05, 0) is 6.92 Å². The van der Waals surface area contributed by atoms with Crippen LogP contribution in [0.4, 0.5) is 5.82 Å². The summed E-state index contributed by atoms with van der Waals surface area (Å²) in [6.45, 7) is 7.75. The smallest absolute Gasteiger partial charge is 0.167 e. The van der Waals surface area contributed by atoms with Gasteiger partial charge < -0.3 is 24.3 Å². The number of ether oxygens (including phenoxy) is 2. The van der Waals surface area contributed by atoms with Crippen LogP contribution in [0.15, 0.2) is 12.5 Å². The first-order valence-electron chi connectivity index (χ1n) is 8.94. The lowest BCUT2D eigenvalue weighted by Gasteiger charge is -2.31. The molecule has 0 saturated carbocycles. The van der Waals surface area contributed by atoms with E-state index in [4.69, 9.17) is 9.47 Å². The first-order chi connectivity index (χ1) is 13.2. The highest BCUT2D eigenvalue weighted by Gasteiger charge is 2.54. The van der Waals surface area contributed by atoms with E-state index in [1.807, 2.05) is 0 Å². The van der Waals surface area contributed by atoms with Crippen LogP contribution in [0.25, 0.3) is 11.0 Å². The number of aliphatic hydroxyl groups is 2. The molecule has 2 aromatic rings.